The van der Waals surface area contributed by atoms with Crippen molar-refractivity contribution in [2.75, 3.05) is 24.7 Å². The van der Waals surface area contributed by atoms with Crippen molar-refractivity contribution in [1.29, 1.82) is 0 Å². The molecule has 0 spiro atoms. The van der Waals surface area contributed by atoms with Gasteiger partial charge in [0, 0.05) is 24.6 Å². The summed E-state index contributed by atoms with van der Waals surface area (Å²) in [7, 11) is -3.12. The Morgan fingerprint density at radius 1 is 1.13 bits per heavy atom. The summed E-state index contributed by atoms with van der Waals surface area (Å²) in [5.74, 6) is -1.05. The molecule has 170 valence electrons. The minimum Gasteiger partial charge on any atom is -0.456 e. The van der Waals surface area contributed by atoms with Crippen LogP contribution in [-0.2, 0) is 37.0 Å². The van der Waals surface area contributed by atoms with Crippen molar-refractivity contribution in [1.82, 2.24) is 4.90 Å². The summed E-state index contributed by atoms with van der Waals surface area (Å²) in [4.78, 5) is 38.6. The number of nitrogens with zero attached hydrogens (tertiary/aromatic N) is 1. The van der Waals surface area contributed by atoms with Crippen LogP contribution in [0.1, 0.15) is 66.9 Å². The van der Waals surface area contributed by atoms with Crippen molar-refractivity contribution in [2.24, 2.45) is 0 Å². The van der Waals surface area contributed by atoms with Gasteiger partial charge in [-0.05, 0) is 49.3 Å². The number of carbonyl (C=O) groups is 3. The molecule has 8 heteroatoms. The molecule has 3 rings (SSSR count). The molecule has 0 aromatic heterocycles. The molecule has 1 heterocycles. The summed E-state index contributed by atoms with van der Waals surface area (Å²) in [5.41, 5.74) is 3.11. The summed E-state index contributed by atoms with van der Waals surface area (Å²) in [5, 5.41) is 0. The van der Waals surface area contributed by atoms with E-state index in [-0.39, 0.29) is 42.1 Å². The van der Waals surface area contributed by atoms with Crippen LogP contribution in [0.4, 0.5) is 0 Å². The first-order chi connectivity index (χ1) is 14.8. The molecule has 1 fully saturated rings. The van der Waals surface area contributed by atoms with Crippen LogP contribution >= 0.6 is 0 Å². The van der Waals surface area contributed by atoms with Gasteiger partial charge >= 0.3 is 5.97 Å². The summed E-state index contributed by atoms with van der Waals surface area (Å²) in [6, 6.07) is 5.36. The number of unbranched alkanes of at least 4 members (excludes halogenated alkanes) is 1. The summed E-state index contributed by atoms with van der Waals surface area (Å²) in [6.07, 6.45) is 5.13. The number of ketones is 1. The lowest BCUT2D eigenvalue weighted by atomic mass is 10.0. The molecule has 0 radical (unpaired) electrons. The fraction of sp³-hybridized carbons (Fsp3) is 0.609. The molecular formula is C23H31NO6S. The van der Waals surface area contributed by atoms with Crippen LogP contribution < -0.4 is 0 Å². The van der Waals surface area contributed by atoms with E-state index in [0.717, 1.165) is 32.1 Å². The van der Waals surface area contributed by atoms with Gasteiger partial charge in [-0.15, -0.1) is 0 Å². The number of sulfone groups is 1. The van der Waals surface area contributed by atoms with Crippen LogP contribution in [-0.4, -0.2) is 61.7 Å². The Morgan fingerprint density at radius 2 is 1.90 bits per heavy atom. The van der Waals surface area contributed by atoms with E-state index in [0.29, 0.717) is 18.5 Å². The third-order valence-electron chi connectivity index (χ3n) is 6.06. The molecule has 31 heavy (non-hydrogen) atoms. The predicted molar refractivity (Wildman–Crippen MR) is 117 cm³/mol. The highest BCUT2D eigenvalue weighted by Crippen LogP contribution is 2.23. The molecule has 2 aliphatic rings. The number of esters is 1. The minimum atomic E-state index is -3.12. The number of rotatable bonds is 10. The molecule has 1 aromatic rings. The first-order valence-electron chi connectivity index (χ1n) is 11.1. The van der Waals surface area contributed by atoms with Gasteiger partial charge in [-0.3, -0.25) is 14.4 Å². The number of benzene rings is 1. The zero-order valence-electron chi connectivity index (χ0n) is 18.1. The molecule has 1 saturated heterocycles. The maximum absolute atomic E-state index is 12.6. The van der Waals surface area contributed by atoms with Gasteiger partial charge in [-0.1, -0.05) is 25.5 Å². The van der Waals surface area contributed by atoms with Gasteiger partial charge in [0.15, 0.2) is 22.2 Å². The van der Waals surface area contributed by atoms with Crippen LogP contribution in [0.25, 0.3) is 0 Å². The molecule has 1 amide bonds. The van der Waals surface area contributed by atoms with Gasteiger partial charge in [0.25, 0.3) is 5.91 Å². The third-order valence-corrected chi connectivity index (χ3v) is 7.81. The first kappa shape index (κ1) is 23.4. The molecule has 1 aromatic carbocycles. The van der Waals surface area contributed by atoms with Crippen LogP contribution in [0.15, 0.2) is 18.2 Å². The number of amides is 1. The second-order valence-electron chi connectivity index (χ2n) is 8.42. The zero-order chi connectivity index (χ0) is 22.4. The Bertz CT molecular complexity index is 939. The van der Waals surface area contributed by atoms with E-state index < -0.39 is 22.4 Å². The number of aryl methyl sites for hydroxylation is 2. The first-order valence-corrected chi connectivity index (χ1v) is 12.9. The van der Waals surface area contributed by atoms with Gasteiger partial charge in [-0.2, -0.15) is 0 Å². The maximum atomic E-state index is 12.6. The smallest absolute Gasteiger partial charge is 0.306 e. The number of fused-ring (bicyclic) bond motifs is 1. The van der Waals surface area contributed by atoms with E-state index in [1.54, 1.807) is 0 Å². The largest absolute Gasteiger partial charge is 0.456 e. The predicted octanol–water partition coefficient (Wildman–Crippen LogP) is 2.50. The van der Waals surface area contributed by atoms with Crippen LogP contribution in [0, 0.1) is 0 Å². The number of carbonyl (C=O) groups excluding carboxylic acids is 3. The van der Waals surface area contributed by atoms with Gasteiger partial charge in [-0.25, -0.2) is 8.42 Å². The minimum absolute atomic E-state index is 0.0340. The van der Waals surface area contributed by atoms with Crippen LogP contribution in [0.2, 0.25) is 0 Å². The van der Waals surface area contributed by atoms with Gasteiger partial charge in [0.1, 0.15) is 0 Å². The Balaban J connectivity index is 1.47. The fourth-order valence-corrected chi connectivity index (χ4v) is 5.99. The molecule has 1 atom stereocenters. The summed E-state index contributed by atoms with van der Waals surface area (Å²) >= 11 is 0. The Hall–Kier alpha value is -2.22. The monoisotopic (exact) mass is 449 g/mol. The normalized spacial score (nSPS) is 19.1. The Morgan fingerprint density at radius 3 is 2.61 bits per heavy atom. The van der Waals surface area contributed by atoms with Crippen molar-refractivity contribution in [3.8, 4) is 0 Å². The van der Waals surface area contributed by atoms with Crippen molar-refractivity contribution in [3.63, 3.8) is 0 Å². The van der Waals surface area contributed by atoms with Crippen molar-refractivity contribution < 1.29 is 27.5 Å². The van der Waals surface area contributed by atoms with Crippen LogP contribution in [0.3, 0.4) is 0 Å². The SMILES string of the molecule is CCCCN(C(=O)COC(=O)CCC(=O)c1ccc2c(c1)CCC2)C1CCS(=O)(=O)C1. The lowest BCUT2D eigenvalue weighted by Crippen LogP contribution is -2.43. The highest BCUT2D eigenvalue weighted by molar-refractivity contribution is 7.91. The van der Waals surface area contributed by atoms with E-state index >= 15 is 0 Å². The molecule has 1 aliphatic heterocycles. The Kier molecular flexibility index (Phi) is 7.86. The van der Waals surface area contributed by atoms with E-state index in [1.165, 1.54) is 16.0 Å². The van der Waals surface area contributed by atoms with Crippen molar-refractivity contribution in [2.45, 2.75) is 64.3 Å². The third kappa shape index (κ3) is 6.38. The van der Waals surface area contributed by atoms with Crippen molar-refractivity contribution >= 4 is 27.5 Å². The van der Waals surface area contributed by atoms with Crippen LogP contribution in [0.5, 0.6) is 0 Å². The lowest BCUT2D eigenvalue weighted by Gasteiger charge is -2.28. The Labute approximate surface area is 184 Å². The average molecular weight is 450 g/mol. The van der Waals surface area contributed by atoms with E-state index in [4.69, 9.17) is 4.74 Å². The second kappa shape index (κ2) is 10.4. The molecular weight excluding hydrogens is 418 g/mol. The van der Waals surface area contributed by atoms with Gasteiger partial charge < -0.3 is 9.64 Å². The highest BCUT2D eigenvalue weighted by atomic mass is 32.2. The fourth-order valence-electron chi connectivity index (χ4n) is 4.26. The molecule has 1 aliphatic carbocycles. The summed E-state index contributed by atoms with van der Waals surface area (Å²) in [6.45, 7) is 2.02. The standard InChI is InChI=1S/C23H31NO6S/c1-2-3-12-24(20-11-13-31(28,29)16-20)22(26)15-30-23(27)10-9-21(25)19-8-7-17-5-4-6-18(17)14-19/h7-8,14,20H,2-6,9-13,15-16H2,1H3. The van der Waals surface area contributed by atoms with E-state index in [9.17, 15) is 22.8 Å². The van der Waals surface area contributed by atoms with Gasteiger partial charge in [0.2, 0.25) is 0 Å². The number of ether oxygens (including phenoxy) is 1. The molecule has 0 bridgehead atoms. The van der Waals surface area contributed by atoms with E-state index in [1.807, 2.05) is 25.1 Å². The highest BCUT2D eigenvalue weighted by Gasteiger charge is 2.34. The number of hydrogen-bond acceptors (Lipinski definition) is 6. The van der Waals surface area contributed by atoms with E-state index in [2.05, 4.69) is 0 Å². The summed E-state index contributed by atoms with van der Waals surface area (Å²) < 4.78 is 28.7. The average Bonchev–Trinajstić information content (AvgIpc) is 3.36. The molecule has 1 unspecified atom stereocenters. The molecule has 0 N–H and O–H groups in total. The number of hydrogen-bond donors (Lipinski definition) is 0. The quantitative estimate of drug-likeness (QED) is 0.402. The maximum Gasteiger partial charge on any atom is 0.306 e. The second-order valence-corrected chi connectivity index (χ2v) is 10.6. The zero-order valence-corrected chi connectivity index (χ0v) is 18.9. The van der Waals surface area contributed by atoms with Crippen molar-refractivity contribution in [3.05, 3.63) is 34.9 Å². The van der Waals surface area contributed by atoms with Gasteiger partial charge in [0.05, 0.1) is 17.9 Å². The molecule has 7 nitrogen and oxygen atoms in total. The lowest BCUT2D eigenvalue weighted by molar-refractivity contribution is -0.152. The number of Topliss-reactive ketones (excluding diaryl/α,β-unsaturated/α-hetero) is 1. The topological polar surface area (TPSA) is 97.8 Å². The molecule has 0 saturated carbocycles.